The van der Waals surface area contributed by atoms with Crippen LogP contribution >= 0.6 is 11.8 Å². The number of carbonyl (C=O) groups is 1. The first-order valence-electron chi connectivity index (χ1n) is 5.00. The second-order valence-electron chi connectivity index (χ2n) is 3.49. The highest BCUT2D eigenvalue weighted by Crippen LogP contribution is 2.28. The summed E-state index contributed by atoms with van der Waals surface area (Å²) in [7, 11) is 0. The van der Waals surface area contributed by atoms with Gasteiger partial charge >= 0.3 is 5.97 Å². The van der Waals surface area contributed by atoms with Crippen LogP contribution in [0.1, 0.15) is 25.7 Å². The van der Waals surface area contributed by atoms with Crippen LogP contribution in [-0.2, 0) is 9.63 Å². The Kier molecular flexibility index (Phi) is 4.75. The van der Waals surface area contributed by atoms with Crippen LogP contribution in [0, 0.1) is 0 Å². The van der Waals surface area contributed by atoms with Crippen molar-refractivity contribution in [2.24, 2.45) is 0 Å². The van der Waals surface area contributed by atoms with Gasteiger partial charge in [-0.05, 0) is 31.3 Å². The lowest BCUT2D eigenvalue weighted by molar-refractivity contribution is -0.172. The third-order valence-electron chi connectivity index (χ3n) is 2.20. The molecule has 4 heteroatoms. The van der Waals surface area contributed by atoms with E-state index in [-0.39, 0.29) is 5.97 Å². The lowest BCUT2D eigenvalue weighted by atomic mass is 10.3. The van der Waals surface area contributed by atoms with Gasteiger partial charge in [0.2, 0.25) is 0 Å². The van der Waals surface area contributed by atoms with Gasteiger partial charge in [-0.15, -0.1) is 0 Å². The number of rotatable bonds is 5. The van der Waals surface area contributed by atoms with Crippen LogP contribution in [0.3, 0.4) is 0 Å². The van der Waals surface area contributed by atoms with Crippen LogP contribution in [-0.4, -0.2) is 23.0 Å². The number of thioether (sulfide) groups is 1. The van der Waals surface area contributed by atoms with E-state index in [9.17, 15) is 4.79 Å². The quantitative estimate of drug-likeness (QED) is 0.675. The minimum absolute atomic E-state index is 0.201. The molecule has 0 saturated carbocycles. The van der Waals surface area contributed by atoms with Crippen molar-refractivity contribution in [3.8, 4) is 0 Å². The van der Waals surface area contributed by atoms with E-state index in [2.05, 4.69) is 13.2 Å². The normalized spacial score (nSPS) is 15.9. The van der Waals surface area contributed by atoms with Gasteiger partial charge in [-0.1, -0.05) is 13.2 Å². The lowest BCUT2D eigenvalue weighted by Gasteiger charge is -2.18. The lowest BCUT2D eigenvalue weighted by Crippen LogP contribution is -2.20. The number of nitrogens with zero attached hydrogens (tertiary/aromatic N) is 1. The predicted molar refractivity (Wildman–Crippen MR) is 63.1 cm³/mol. The van der Waals surface area contributed by atoms with Crippen LogP contribution in [0.2, 0.25) is 0 Å². The molecule has 84 valence electrons. The molecular formula is C11H17NO2S. The summed E-state index contributed by atoms with van der Waals surface area (Å²) in [6, 6.07) is 0. The summed E-state index contributed by atoms with van der Waals surface area (Å²) in [5, 5.41) is 1.47. The minimum Gasteiger partial charge on any atom is -0.337 e. The van der Waals surface area contributed by atoms with Crippen molar-refractivity contribution in [3.05, 3.63) is 24.6 Å². The molecule has 3 nitrogen and oxygen atoms in total. The average molecular weight is 227 g/mol. The Bertz CT molecular complexity index is 260. The van der Waals surface area contributed by atoms with Crippen molar-refractivity contribution >= 4 is 17.7 Å². The zero-order valence-electron chi connectivity index (χ0n) is 9.12. The van der Waals surface area contributed by atoms with Gasteiger partial charge in [-0.2, -0.15) is 16.8 Å². The zero-order chi connectivity index (χ0) is 11.3. The largest absolute Gasteiger partial charge is 0.337 e. The first-order valence-corrected chi connectivity index (χ1v) is 6.40. The first kappa shape index (κ1) is 12.2. The third kappa shape index (κ3) is 3.63. The standard InChI is InChI=1S/C11H17NO2S/c1-9-6-7-10(2)12(9)14-11(13)5-4-8-15-3/h1-2,4-8H2,3H3. The van der Waals surface area contributed by atoms with Gasteiger partial charge in [0.05, 0.1) is 11.4 Å². The van der Waals surface area contributed by atoms with E-state index in [4.69, 9.17) is 4.84 Å². The van der Waals surface area contributed by atoms with E-state index in [0.717, 1.165) is 36.4 Å². The van der Waals surface area contributed by atoms with Gasteiger partial charge in [-0.3, -0.25) is 0 Å². The summed E-state index contributed by atoms with van der Waals surface area (Å²) in [6.45, 7) is 7.64. The molecule has 0 atom stereocenters. The molecule has 0 aliphatic carbocycles. The maximum atomic E-state index is 11.4. The Hall–Kier alpha value is -0.900. The summed E-state index contributed by atoms with van der Waals surface area (Å²) in [6.07, 6.45) is 4.99. The highest BCUT2D eigenvalue weighted by Gasteiger charge is 2.22. The molecule has 0 aromatic carbocycles. The average Bonchev–Trinajstić information content (AvgIpc) is 2.50. The van der Waals surface area contributed by atoms with E-state index in [0.29, 0.717) is 6.42 Å². The van der Waals surface area contributed by atoms with E-state index >= 15 is 0 Å². The molecule has 0 unspecified atom stereocenters. The van der Waals surface area contributed by atoms with E-state index in [1.807, 2.05) is 6.26 Å². The molecule has 1 saturated heterocycles. The van der Waals surface area contributed by atoms with Crippen LogP contribution in [0.4, 0.5) is 0 Å². The Balaban J connectivity index is 2.31. The molecule has 0 bridgehead atoms. The molecule has 15 heavy (non-hydrogen) atoms. The number of carbonyl (C=O) groups excluding carboxylic acids is 1. The topological polar surface area (TPSA) is 29.5 Å². The fourth-order valence-corrected chi connectivity index (χ4v) is 1.79. The monoisotopic (exact) mass is 227 g/mol. The van der Waals surface area contributed by atoms with Crippen LogP contribution in [0.15, 0.2) is 24.6 Å². The predicted octanol–water partition coefficient (Wildman–Crippen LogP) is 2.71. The summed E-state index contributed by atoms with van der Waals surface area (Å²) < 4.78 is 0. The second kappa shape index (κ2) is 5.85. The number of allylic oxidation sites excluding steroid dienone is 2. The molecule has 1 rings (SSSR count). The Morgan fingerprint density at radius 3 is 2.60 bits per heavy atom. The van der Waals surface area contributed by atoms with Crippen molar-refractivity contribution < 1.29 is 9.63 Å². The van der Waals surface area contributed by atoms with Crippen molar-refractivity contribution in [2.75, 3.05) is 12.0 Å². The molecule has 0 aromatic heterocycles. The highest BCUT2D eigenvalue weighted by molar-refractivity contribution is 7.98. The summed E-state index contributed by atoms with van der Waals surface area (Å²) in [5.41, 5.74) is 1.64. The Labute approximate surface area is 95.1 Å². The maximum Gasteiger partial charge on any atom is 0.332 e. The highest BCUT2D eigenvalue weighted by atomic mass is 32.2. The molecule has 1 heterocycles. The van der Waals surface area contributed by atoms with Gasteiger partial charge < -0.3 is 4.84 Å². The SMILES string of the molecule is C=C1CCC(=C)N1OC(=O)CCCSC. The van der Waals surface area contributed by atoms with Gasteiger partial charge in [0.1, 0.15) is 0 Å². The van der Waals surface area contributed by atoms with Crippen molar-refractivity contribution in [1.29, 1.82) is 0 Å². The number of hydrogen-bond acceptors (Lipinski definition) is 4. The van der Waals surface area contributed by atoms with E-state index in [1.54, 1.807) is 11.8 Å². The van der Waals surface area contributed by atoms with Crippen molar-refractivity contribution in [1.82, 2.24) is 5.06 Å². The maximum absolute atomic E-state index is 11.4. The molecule has 0 amide bonds. The van der Waals surface area contributed by atoms with Gasteiger partial charge in [-0.25, -0.2) is 4.79 Å². The van der Waals surface area contributed by atoms with Gasteiger partial charge in [0.15, 0.2) is 0 Å². The number of hydroxylamine groups is 2. The van der Waals surface area contributed by atoms with Crippen molar-refractivity contribution in [2.45, 2.75) is 25.7 Å². The minimum atomic E-state index is -0.201. The van der Waals surface area contributed by atoms with Gasteiger partial charge in [0, 0.05) is 6.42 Å². The Morgan fingerprint density at radius 1 is 1.47 bits per heavy atom. The molecule has 0 radical (unpaired) electrons. The molecule has 1 aliphatic heterocycles. The second-order valence-corrected chi connectivity index (χ2v) is 4.47. The first-order chi connectivity index (χ1) is 7.15. The van der Waals surface area contributed by atoms with E-state index < -0.39 is 0 Å². The van der Waals surface area contributed by atoms with Crippen LogP contribution < -0.4 is 0 Å². The molecule has 1 fully saturated rings. The zero-order valence-corrected chi connectivity index (χ0v) is 9.94. The molecular weight excluding hydrogens is 210 g/mol. The molecule has 0 spiro atoms. The summed E-state index contributed by atoms with van der Waals surface area (Å²) >= 11 is 1.73. The van der Waals surface area contributed by atoms with Gasteiger partial charge in [0.25, 0.3) is 0 Å². The van der Waals surface area contributed by atoms with Crippen molar-refractivity contribution in [3.63, 3.8) is 0 Å². The smallest absolute Gasteiger partial charge is 0.332 e. The summed E-state index contributed by atoms with van der Waals surface area (Å²) in [5.74, 6) is 0.782. The fourth-order valence-electron chi connectivity index (χ4n) is 1.35. The summed E-state index contributed by atoms with van der Waals surface area (Å²) in [4.78, 5) is 16.6. The Morgan fingerprint density at radius 2 is 2.07 bits per heavy atom. The number of hydrogen-bond donors (Lipinski definition) is 0. The molecule has 1 aliphatic rings. The van der Waals surface area contributed by atoms with Crippen LogP contribution in [0.5, 0.6) is 0 Å². The fraction of sp³-hybridized carbons (Fsp3) is 0.545. The third-order valence-corrected chi connectivity index (χ3v) is 2.90. The molecule has 0 N–H and O–H groups in total. The van der Waals surface area contributed by atoms with E-state index in [1.165, 1.54) is 5.06 Å². The van der Waals surface area contributed by atoms with Crippen LogP contribution in [0.25, 0.3) is 0 Å². The molecule has 0 aromatic rings.